The Hall–Kier alpha value is -6.26. The summed E-state index contributed by atoms with van der Waals surface area (Å²) in [6.07, 6.45) is 0. The Balaban J connectivity index is 1.13. The van der Waals surface area contributed by atoms with Crippen LogP contribution >= 0.6 is 0 Å². The van der Waals surface area contributed by atoms with E-state index in [4.69, 9.17) is 9.47 Å². The third kappa shape index (κ3) is 6.96. The zero-order valence-electron chi connectivity index (χ0n) is 28.9. The first-order chi connectivity index (χ1) is 24.5. The Kier molecular flexibility index (Phi) is 9.35. The predicted octanol–water partition coefficient (Wildman–Crippen LogP) is 12.6. The van der Waals surface area contributed by atoms with Crippen molar-refractivity contribution < 1.29 is 9.47 Å². The maximum absolute atomic E-state index is 5.41. The Morgan fingerprint density at radius 2 is 0.480 bits per heavy atom. The van der Waals surface area contributed by atoms with Gasteiger partial charge in [0, 0.05) is 34.1 Å². The van der Waals surface area contributed by atoms with Crippen LogP contribution in [0.5, 0.6) is 11.5 Å². The van der Waals surface area contributed by atoms with Gasteiger partial charge in [-0.3, -0.25) is 0 Å². The highest BCUT2D eigenvalue weighted by atomic mass is 16.5. The molecule has 0 atom stereocenters. The van der Waals surface area contributed by atoms with Crippen LogP contribution in [-0.2, 0) is 0 Å². The topological polar surface area (TPSA) is 24.9 Å². The summed E-state index contributed by atoms with van der Waals surface area (Å²) in [5.74, 6) is 1.65. The van der Waals surface area contributed by atoms with E-state index >= 15 is 0 Å². The van der Waals surface area contributed by atoms with Crippen LogP contribution in [0, 0.1) is 13.8 Å². The number of nitrogens with zero attached hydrogens (tertiary/aromatic N) is 2. The highest BCUT2D eigenvalue weighted by Crippen LogP contribution is 2.38. The van der Waals surface area contributed by atoms with Crippen LogP contribution < -0.4 is 19.3 Å². The molecule has 7 rings (SSSR count). The fourth-order valence-electron chi connectivity index (χ4n) is 6.21. The molecule has 0 fully saturated rings. The van der Waals surface area contributed by atoms with E-state index in [-0.39, 0.29) is 0 Å². The van der Waals surface area contributed by atoms with Crippen LogP contribution in [0.2, 0.25) is 0 Å². The van der Waals surface area contributed by atoms with Crippen molar-refractivity contribution in [2.45, 2.75) is 13.8 Å². The Morgan fingerprint density at radius 3 is 0.720 bits per heavy atom. The van der Waals surface area contributed by atoms with Crippen molar-refractivity contribution in [3.8, 4) is 33.8 Å². The molecule has 0 saturated heterocycles. The molecule has 0 unspecified atom stereocenters. The van der Waals surface area contributed by atoms with Gasteiger partial charge in [-0.05, 0) is 133 Å². The van der Waals surface area contributed by atoms with Gasteiger partial charge in [-0.25, -0.2) is 0 Å². The number of ether oxygens (including phenoxy) is 2. The minimum atomic E-state index is 0.824. The molecule has 0 radical (unpaired) electrons. The molecule has 0 saturated carbocycles. The van der Waals surface area contributed by atoms with E-state index in [2.05, 4.69) is 169 Å². The molecule has 4 nitrogen and oxygen atoms in total. The first kappa shape index (κ1) is 32.3. The third-order valence-electron chi connectivity index (χ3n) is 9.05. The zero-order chi connectivity index (χ0) is 34.5. The monoisotopic (exact) mass is 652 g/mol. The van der Waals surface area contributed by atoms with Crippen molar-refractivity contribution in [2.75, 3.05) is 24.0 Å². The lowest BCUT2D eigenvalue weighted by Crippen LogP contribution is -2.09. The molecule has 7 aromatic rings. The molecule has 50 heavy (non-hydrogen) atoms. The third-order valence-corrected chi connectivity index (χ3v) is 9.05. The standard InChI is InChI=1S/C46H40N2O2/c1-33-5-17-39(18-6-33)47(40-19-7-34(2)8-20-40)41-21-13-37(14-22-41)35-9-11-36(12-10-35)38-15-23-42(24-16-38)48(43-25-29-45(49-3)30-26-43)44-27-31-46(50-4)32-28-44/h5-32H,1-4H3. The average Bonchev–Trinajstić information content (AvgIpc) is 3.18. The van der Waals surface area contributed by atoms with Crippen LogP contribution in [0.4, 0.5) is 34.1 Å². The molecule has 0 N–H and O–H groups in total. The summed E-state index contributed by atoms with van der Waals surface area (Å²) in [7, 11) is 3.37. The Labute approximate surface area is 295 Å². The second kappa shape index (κ2) is 14.5. The summed E-state index contributed by atoms with van der Waals surface area (Å²) in [6, 6.07) is 60.0. The van der Waals surface area contributed by atoms with E-state index in [1.807, 2.05) is 24.3 Å². The maximum atomic E-state index is 5.41. The van der Waals surface area contributed by atoms with Crippen LogP contribution in [0.15, 0.2) is 170 Å². The normalized spacial score (nSPS) is 10.8. The Bertz CT molecular complexity index is 2040. The summed E-state index contributed by atoms with van der Waals surface area (Å²) in [5, 5.41) is 0. The van der Waals surface area contributed by atoms with Gasteiger partial charge in [-0.15, -0.1) is 0 Å². The van der Waals surface area contributed by atoms with Gasteiger partial charge >= 0.3 is 0 Å². The molecule has 0 aliphatic heterocycles. The van der Waals surface area contributed by atoms with E-state index in [1.54, 1.807) is 14.2 Å². The van der Waals surface area contributed by atoms with E-state index in [0.717, 1.165) is 51.2 Å². The van der Waals surface area contributed by atoms with Crippen LogP contribution in [-0.4, -0.2) is 14.2 Å². The van der Waals surface area contributed by atoms with Crippen molar-refractivity contribution >= 4 is 34.1 Å². The predicted molar refractivity (Wildman–Crippen MR) is 209 cm³/mol. The number of aryl methyl sites for hydroxylation is 2. The number of hydrogen-bond acceptors (Lipinski definition) is 4. The van der Waals surface area contributed by atoms with E-state index < -0.39 is 0 Å². The van der Waals surface area contributed by atoms with Crippen LogP contribution in [0.3, 0.4) is 0 Å². The number of rotatable bonds is 10. The van der Waals surface area contributed by atoms with Gasteiger partial charge < -0.3 is 19.3 Å². The second-order valence-corrected chi connectivity index (χ2v) is 12.4. The van der Waals surface area contributed by atoms with E-state index in [9.17, 15) is 0 Å². The summed E-state index contributed by atoms with van der Waals surface area (Å²) >= 11 is 0. The summed E-state index contributed by atoms with van der Waals surface area (Å²) in [5.41, 5.74) is 13.7. The van der Waals surface area contributed by atoms with E-state index in [1.165, 1.54) is 27.8 Å². The Morgan fingerprint density at radius 1 is 0.280 bits per heavy atom. The first-order valence-corrected chi connectivity index (χ1v) is 16.8. The highest BCUT2D eigenvalue weighted by Gasteiger charge is 2.15. The lowest BCUT2D eigenvalue weighted by molar-refractivity contribution is 0.415. The molecule has 0 spiro atoms. The second-order valence-electron chi connectivity index (χ2n) is 12.4. The summed E-state index contributed by atoms with van der Waals surface area (Å²) in [6.45, 7) is 4.24. The minimum Gasteiger partial charge on any atom is -0.497 e. The smallest absolute Gasteiger partial charge is 0.119 e. The molecule has 0 amide bonds. The van der Waals surface area contributed by atoms with Gasteiger partial charge in [0.1, 0.15) is 11.5 Å². The molecular formula is C46H40N2O2. The molecule has 0 heterocycles. The lowest BCUT2D eigenvalue weighted by Gasteiger charge is -2.26. The van der Waals surface area contributed by atoms with Crippen LogP contribution in [0.1, 0.15) is 11.1 Å². The van der Waals surface area contributed by atoms with E-state index in [0.29, 0.717) is 0 Å². The van der Waals surface area contributed by atoms with Gasteiger partial charge in [0.15, 0.2) is 0 Å². The van der Waals surface area contributed by atoms with Gasteiger partial charge in [0.25, 0.3) is 0 Å². The molecule has 0 aliphatic carbocycles. The van der Waals surface area contributed by atoms with Crippen molar-refractivity contribution in [1.82, 2.24) is 0 Å². The van der Waals surface area contributed by atoms with Gasteiger partial charge in [-0.1, -0.05) is 83.9 Å². The molecule has 0 aromatic heterocycles. The minimum absolute atomic E-state index is 0.824. The molecular weight excluding hydrogens is 613 g/mol. The van der Waals surface area contributed by atoms with Crippen molar-refractivity contribution in [1.29, 1.82) is 0 Å². The van der Waals surface area contributed by atoms with Crippen molar-refractivity contribution in [3.05, 3.63) is 181 Å². The molecule has 4 heteroatoms. The number of benzene rings is 7. The molecule has 246 valence electrons. The van der Waals surface area contributed by atoms with Gasteiger partial charge in [0.2, 0.25) is 0 Å². The molecule has 0 bridgehead atoms. The maximum Gasteiger partial charge on any atom is 0.119 e. The van der Waals surface area contributed by atoms with Crippen molar-refractivity contribution in [2.24, 2.45) is 0 Å². The van der Waals surface area contributed by atoms with Crippen LogP contribution in [0.25, 0.3) is 22.3 Å². The molecule has 0 aliphatic rings. The summed E-state index contributed by atoms with van der Waals surface area (Å²) < 4.78 is 10.8. The quantitative estimate of drug-likeness (QED) is 0.147. The van der Waals surface area contributed by atoms with Gasteiger partial charge in [-0.2, -0.15) is 0 Å². The summed E-state index contributed by atoms with van der Waals surface area (Å²) in [4.78, 5) is 4.54. The van der Waals surface area contributed by atoms with Crippen molar-refractivity contribution in [3.63, 3.8) is 0 Å². The number of hydrogen-bond donors (Lipinski definition) is 0. The lowest BCUT2D eigenvalue weighted by atomic mass is 9.99. The first-order valence-electron chi connectivity index (χ1n) is 16.8. The largest absolute Gasteiger partial charge is 0.497 e. The SMILES string of the molecule is COc1ccc(N(c2ccc(OC)cc2)c2ccc(-c3ccc(-c4ccc(N(c5ccc(C)cc5)c5ccc(C)cc5)cc4)cc3)cc2)cc1. The number of methoxy groups -OCH3 is 2. The molecule has 7 aromatic carbocycles. The fraction of sp³-hybridized carbons (Fsp3) is 0.0870. The van der Waals surface area contributed by atoms with Gasteiger partial charge in [0.05, 0.1) is 14.2 Å². The zero-order valence-corrected chi connectivity index (χ0v) is 28.9. The number of anilines is 6. The highest BCUT2D eigenvalue weighted by molar-refractivity contribution is 5.81. The average molecular weight is 653 g/mol. The fourth-order valence-corrected chi connectivity index (χ4v) is 6.21.